The number of hydrogen-bond donors (Lipinski definition) is 0. The molecule has 2 unspecified atom stereocenters. The van der Waals surface area contributed by atoms with Crippen molar-refractivity contribution in [1.29, 1.82) is 5.26 Å². The summed E-state index contributed by atoms with van der Waals surface area (Å²) < 4.78 is 5.35. The van der Waals surface area contributed by atoms with E-state index in [4.69, 9.17) is 4.74 Å². The van der Waals surface area contributed by atoms with Gasteiger partial charge in [-0.1, -0.05) is 91.2 Å². The Kier molecular flexibility index (Phi) is 15.9. The van der Waals surface area contributed by atoms with Crippen molar-refractivity contribution in [3.63, 3.8) is 0 Å². The average Bonchev–Trinajstić information content (AvgIpc) is 2.66. The van der Waals surface area contributed by atoms with Gasteiger partial charge in [-0.25, -0.2) is 4.79 Å². The van der Waals surface area contributed by atoms with E-state index in [1.165, 1.54) is 32.1 Å². The number of ether oxygens (including phenoxy) is 1. The number of nitriles is 1. The van der Waals surface area contributed by atoms with Crippen molar-refractivity contribution in [3.05, 3.63) is 23.8 Å². The molecule has 0 radical (unpaired) electrons. The lowest BCUT2D eigenvalue weighted by molar-refractivity contribution is -0.140. The van der Waals surface area contributed by atoms with Crippen LogP contribution in [0.5, 0.6) is 0 Å². The normalized spacial score (nSPS) is 14.2. The van der Waals surface area contributed by atoms with Crippen molar-refractivity contribution in [2.24, 2.45) is 11.8 Å². The van der Waals surface area contributed by atoms with Crippen LogP contribution in [0.4, 0.5) is 0 Å². The van der Waals surface area contributed by atoms with E-state index in [1.807, 2.05) is 12.1 Å². The Labute approximate surface area is 161 Å². The number of esters is 1. The third-order valence-corrected chi connectivity index (χ3v) is 5.00. The molecule has 0 aliphatic heterocycles. The smallest absolute Gasteiger partial charge is 0.348 e. The maximum Gasteiger partial charge on any atom is 0.348 e. The van der Waals surface area contributed by atoms with Crippen molar-refractivity contribution >= 4 is 5.97 Å². The molecule has 0 saturated carbocycles. The van der Waals surface area contributed by atoms with Crippen LogP contribution in [0.15, 0.2) is 23.8 Å². The molecule has 0 heterocycles. The molecule has 26 heavy (non-hydrogen) atoms. The number of hydrogen-bond acceptors (Lipinski definition) is 3. The lowest BCUT2D eigenvalue weighted by Gasteiger charge is -2.14. The first-order chi connectivity index (χ1) is 12.6. The zero-order chi connectivity index (χ0) is 19.6. The zero-order valence-electron chi connectivity index (χ0n) is 17.4. The fraction of sp³-hybridized carbons (Fsp3) is 0.739. The van der Waals surface area contributed by atoms with Gasteiger partial charge in [0.2, 0.25) is 0 Å². The summed E-state index contributed by atoms with van der Waals surface area (Å²) >= 11 is 0. The highest BCUT2D eigenvalue weighted by Gasteiger charge is 2.13. The summed E-state index contributed by atoms with van der Waals surface area (Å²) in [5.74, 6) is 0.581. The van der Waals surface area contributed by atoms with Crippen molar-refractivity contribution in [1.82, 2.24) is 0 Å². The van der Waals surface area contributed by atoms with Gasteiger partial charge >= 0.3 is 5.97 Å². The molecule has 0 spiro atoms. The third-order valence-electron chi connectivity index (χ3n) is 5.00. The molecule has 0 aliphatic rings. The largest absolute Gasteiger partial charge is 0.461 e. The Morgan fingerprint density at radius 1 is 1.00 bits per heavy atom. The van der Waals surface area contributed by atoms with Crippen LogP contribution in [0, 0.1) is 23.2 Å². The van der Waals surface area contributed by atoms with Gasteiger partial charge in [0.1, 0.15) is 11.6 Å². The van der Waals surface area contributed by atoms with Crippen molar-refractivity contribution in [2.45, 2.75) is 91.9 Å². The van der Waals surface area contributed by atoms with E-state index in [9.17, 15) is 10.1 Å². The molecule has 3 nitrogen and oxygen atoms in total. The molecule has 0 aromatic rings. The Bertz CT molecular complexity index is 459. The highest BCUT2D eigenvalue weighted by atomic mass is 16.5. The number of carbonyl (C=O) groups is 1. The highest BCUT2D eigenvalue weighted by molar-refractivity contribution is 5.93. The summed E-state index contributed by atoms with van der Waals surface area (Å²) in [7, 11) is 0. The topological polar surface area (TPSA) is 50.1 Å². The summed E-state index contributed by atoms with van der Waals surface area (Å²) in [6, 6.07) is 1.97. The fourth-order valence-corrected chi connectivity index (χ4v) is 2.93. The molecule has 0 aliphatic carbocycles. The molecule has 0 fully saturated rings. The van der Waals surface area contributed by atoms with Gasteiger partial charge in [-0.3, -0.25) is 0 Å². The van der Waals surface area contributed by atoms with Crippen LogP contribution in [0.25, 0.3) is 0 Å². The number of unbranched alkanes of at least 4 members (excludes halogenated alkanes) is 3. The van der Waals surface area contributed by atoms with Gasteiger partial charge in [0.25, 0.3) is 0 Å². The van der Waals surface area contributed by atoms with Crippen molar-refractivity contribution in [2.75, 3.05) is 6.61 Å². The molecule has 0 N–H and O–H groups in total. The number of rotatable bonds is 15. The predicted molar refractivity (Wildman–Crippen MR) is 110 cm³/mol. The molecular formula is C23H39NO2. The van der Waals surface area contributed by atoms with Gasteiger partial charge in [0.15, 0.2) is 0 Å². The molecule has 0 saturated heterocycles. The summed E-state index contributed by atoms with van der Waals surface area (Å²) in [5, 5.41) is 9.21. The molecule has 0 bridgehead atoms. The van der Waals surface area contributed by atoms with Gasteiger partial charge < -0.3 is 4.74 Å². The lowest BCUT2D eigenvalue weighted by atomic mass is 9.95. The van der Waals surface area contributed by atoms with E-state index in [-0.39, 0.29) is 5.57 Å². The van der Waals surface area contributed by atoms with E-state index < -0.39 is 5.97 Å². The first kappa shape index (κ1) is 24.4. The first-order valence-corrected chi connectivity index (χ1v) is 10.6. The lowest BCUT2D eigenvalue weighted by Crippen LogP contribution is -2.14. The Balaban J connectivity index is 4.42. The van der Waals surface area contributed by atoms with Crippen LogP contribution in [-0.2, 0) is 9.53 Å². The van der Waals surface area contributed by atoms with Gasteiger partial charge in [-0.05, 0) is 30.8 Å². The van der Waals surface area contributed by atoms with E-state index in [1.54, 1.807) is 6.08 Å². The number of carbonyl (C=O) groups excluding carboxylic acids is 1. The van der Waals surface area contributed by atoms with Gasteiger partial charge in [0.05, 0.1) is 6.61 Å². The average molecular weight is 362 g/mol. The molecule has 2 atom stereocenters. The predicted octanol–water partition coefficient (Wildman–Crippen LogP) is 6.75. The summed E-state index contributed by atoms with van der Waals surface area (Å²) in [5.41, 5.74) is 0.0885. The fourth-order valence-electron chi connectivity index (χ4n) is 2.93. The number of allylic oxidation sites excluding steroid dienone is 3. The maximum atomic E-state index is 12.1. The molecule has 0 rings (SSSR count). The zero-order valence-corrected chi connectivity index (χ0v) is 17.4. The quantitative estimate of drug-likeness (QED) is 0.107. The monoisotopic (exact) mass is 361 g/mol. The Morgan fingerprint density at radius 2 is 1.65 bits per heavy atom. The minimum Gasteiger partial charge on any atom is -0.461 e. The van der Waals surface area contributed by atoms with Crippen LogP contribution >= 0.6 is 0 Å². The van der Waals surface area contributed by atoms with Crippen LogP contribution in [-0.4, -0.2) is 12.6 Å². The number of nitrogens with zero attached hydrogens (tertiary/aromatic N) is 1. The minimum absolute atomic E-state index is 0.0885. The summed E-state index contributed by atoms with van der Waals surface area (Å²) in [6.07, 6.45) is 17.1. The molecule has 3 heteroatoms. The van der Waals surface area contributed by atoms with E-state index in [2.05, 4.69) is 33.8 Å². The highest BCUT2D eigenvalue weighted by Crippen LogP contribution is 2.18. The van der Waals surface area contributed by atoms with Crippen molar-refractivity contribution < 1.29 is 9.53 Å². The van der Waals surface area contributed by atoms with E-state index in [0.29, 0.717) is 18.4 Å². The first-order valence-electron chi connectivity index (χ1n) is 10.6. The van der Waals surface area contributed by atoms with Crippen molar-refractivity contribution in [3.8, 4) is 6.07 Å². The van der Waals surface area contributed by atoms with Gasteiger partial charge in [-0.15, -0.1) is 0 Å². The molecule has 0 aromatic heterocycles. The molecule has 0 amide bonds. The maximum absolute atomic E-state index is 12.1. The SMILES string of the molecule is CCCCCC(CC)C/C=C/C=C(/C#N)C(=O)OCC(CC)CCCC. The van der Waals surface area contributed by atoms with E-state index >= 15 is 0 Å². The Hall–Kier alpha value is -1.56. The van der Waals surface area contributed by atoms with Gasteiger partial charge in [0, 0.05) is 0 Å². The van der Waals surface area contributed by atoms with Crippen LogP contribution in [0.2, 0.25) is 0 Å². The second-order valence-electron chi connectivity index (χ2n) is 7.14. The molecular weight excluding hydrogens is 322 g/mol. The van der Waals surface area contributed by atoms with Crippen LogP contribution in [0.1, 0.15) is 91.9 Å². The third kappa shape index (κ3) is 11.9. The summed E-state index contributed by atoms with van der Waals surface area (Å²) in [6.45, 7) is 9.13. The molecule has 148 valence electrons. The minimum atomic E-state index is -0.498. The van der Waals surface area contributed by atoms with Gasteiger partial charge in [-0.2, -0.15) is 5.26 Å². The second-order valence-corrected chi connectivity index (χ2v) is 7.14. The molecule has 0 aromatic carbocycles. The van der Waals surface area contributed by atoms with Crippen LogP contribution < -0.4 is 0 Å². The standard InChI is InChI=1S/C23H39NO2/c1-5-9-11-15-20(7-3)16-12-13-17-22(18-24)23(25)26-19-21(8-4)14-10-6-2/h12-13,17,20-21H,5-11,14-16,19H2,1-4H3/b13-12+,22-17-. The summed E-state index contributed by atoms with van der Waals surface area (Å²) in [4.78, 5) is 12.1. The van der Waals surface area contributed by atoms with Crippen LogP contribution in [0.3, 0.4) is 0 Å². The second kappa shape index (κ2) is 16.9. The van der Waals surface area contributed by atoms with E-state index in [0.717, 1.165) is 32.1 Å². The Morgan fingerprint density at radius 3 is 2.23 bits per heavy atom.